The van der Waals surface area contributed by atoms with Gasteiger partial charge in [0.25, 0.3) is 0 Å². The van der Waals surface area contributed by atoms with Crippen molar-refractivity contribution in [2.75, 3.05) is 23.7 Å². The summed E-state index contributed by atoms with van der Waals surface area (Å²) in [6.45, 7) is 5.25. The molecule has 1 aromatic rings. The molecule has 1 heterocycles. The fraction of sp³-hybridized carbons (Fsp3) is 0.526. The summed E-state index contributed by atoms with van der Waals surface area (Å²) in [5, 5.41) is 5.54. The largest absolute Gasteiger partial charge is 0.342 e. The van der Waals surface area contributed by atoms with E-state index in [0.717, 1.165) is 19.5 Å². The molecule has 1 aliphatic carbocycles. The van der Waals surface area contributed by atoms with Crippen LogP contribution in [0.25, 0.3) is 0 Å². The van der Waals surface area contributed by atoms with Crippen LogP contribution in [0.15, 0.2) is 24.3 Å². The van der Waals surface area contributed by atoms with Crippen LogP contribution in [0.4, 0.5) is 11.4 Å². The topological polar surface area (TPSA) is 78.5 Å². The van der Waals surface area contributed by atoms with E-state index in [1.54, 1.807) is 24.3 Å². The number of amides is 3. The molecule has 0 spiro atoms. The predicted molar refractivity (Wildman–Crippen MR) is 96.0 cm³/mol. The number of benzene rings is 1. The van der Waals surface area contributed by atoms with Crippen molar-refractivity contribution < 1.29 is 14.4 Å². The van der Waals surface area contributed by atoms with Crippen LogP contribution in [0.1, 0.15) is 33.1 Å². The Morgan fingerprint density at radius 1 is 1.04 bits per heavy atom. The van der Waals surface area contributed by atoms with E-state index in [2.05, 4.69) is 17.6 Å². The average Bonchev–Trinajstić information content (AvgIpc) is 3.36. The highest BCUT2D eigenvalue weighted by atomic mass is 16.2. The molecule has 0 bridgehead atoms. The maximum absolute atomic E-state index is 12.5. The first kappa shape index (κ1) is 17.5. The standard InChI is InChI=1S/C19H25N3O3/c1-12-4-3-9-22(11-12)19(25)17-10-16(17)18(24)21-15-7-5-14(6-8-15)20-13(2)23/h5-8,12,16-17H,3-4,9-11H2,1-2H3,(H,20,23)(H,21,24). The van der Waals surface area contributed by atoms with E-state index in [4.69, 9.17) is 0 Å². The van der Waals surface area contributed by atoms with Crippen molar-refractivity contribution in [2.45, 2.75) is 33.1 Å². The summed E-state index contributed by atoms with van der Waals surface area (Å²) in [6, 6.07) is 6.97. The van der Waals surface area contributed by atoms with Crippen molar-refractivity contribution in [2.24, 2.45) is 17.8 Å². The summed E-state index contributed by atoms with van der Waals surface area (Å²) < 4.78 is 0. The lowest BCUT2D eigenvalue weighted by molar-refractivity contribution is -0.135. The summed E-state index contributed by atoms with van der Waals surface area (Å²) in [5.41, 5.74) is 1.35. The number of anilines is 2. The van der Waals surface area contributed by atoms with Crippen LogP contribution in [-0.2, 0) is 14.4 Å². The molecule has 134 valence electrons. The molecular formula is C19H25N3O3. The third kappa shape index (κ3) is 4.38. The van der Waals surface area contributed by atoms with Gasteiger partial charge in [0.15, 0.2) is 0 Å². The van der Waals surface area contributed by atoms with Crippen LogP contribution >= 0.6 is 0 Å². The minimum atomic E-state index is -0.222. The molecule has 3 atom stereocenters. The highest BCUT2D eigenvalue weighted by Crippen LogP contribution is 2.41. The zero-order valence-electron chi connectivity index (χ0n) is 14.7. The molecule has 6 nitrogen and oxygen atoms in total. The third-order valence-electron chi connectivity index (χ3n) is 4.89. The molecule has 3 amide bonds. The average molecular weight is 343 g/mol. The number of nitrogens with zero attached hydrogens (tertiary/aromatic N) is 1. The van der Waals surface area contributed by atoms with E-state index in [0.29, 0.717) is 23.7 Å². The second-order valence-electron chi connectivity index (χ2n) is 7.23. The van der Waals surface area contributed by atoms with Crippen molar-refractivity contribution >= 4 is 29.1 Å². The SMILES string of the molecule is CC(=O)Nc1ccc(NC(=O)C2CC2C(=O)N2CCCC(C)C2)cc1. The van der Waals surface area contributed by atoms with Crippen LogP contribution in [0.5, 0.6) is 0 Å². The number of hydrogen-bond acceptors (Lipinski definition) is 3. The molecule has 0 radical (unpaired) electrons. The maximum atomic E-state index is 12.5. The van der Waals surface area contributed by atoms with Gasteiger partial charge in [-0.1, -0.05) is 6.92 Å². The second-order valence-corrected chi connectivity index (χ2v) is 7.23. The van der Waals surface area contributed by atoms with Crippen molar-refractivity contribution in [3.63, 3.8) is 0 Å². The Labute approximate surface area is 148 Å². The number of hydrogen-bond donors (Lipinski definition) is 2. The number of rotatable bonds is 4. The summed E-state index contributed by atoms with van der Waals surface area (Å²) in [5.74, 6) is 0.0566. The van der Waals surface area contributed by atoms with Gasteiger partial charge in [0.05, 0.1) is 11.8 Å². The van der Waals surface area contributed by atoms with Crippen LogP contribution in [-0.4, -0.2) is 35.7 Å². The van der Waals surface area contributed by atoms with Crippen LogP contribution in [0.2, 0.25) is 0 Å². The van der Waals surface area contributed by atoms with Crippen LogP contribution in [0, 0.1) is 17.8 Å². The molecule has 1 aromatic carbocycles. The molecule has 0 aromatic heterocycles. The first-order valence-corrected chi connectivity index (χ1v) is 8.91. The number of piperidine rings is 1. The normalized spacial score (nSPS) is 25.2. The summed E-state index contributed by atoms with van der Waals surface area (Å²) in [7, 11) is 0. The number of carbonyl (C=O) groups excluding carboxylic acids is 3. The van der Waals surface area contributed by atoms with Crippen molar-refractivity contribution in [1.29, 1.82) is 0 Å². The first-order chi connectivity index (χ1) is 11.9. The molecule has 6 heteroatoms. The fourth-order valence-corrected chi connectivity index (χ4v) is 3.46. The lowest BCUT2D eigenvalue weighted by Crippen LogP contribution is -2.40. The van der Waals surface area contributed by atoms with Crippen molar-refractivity contribution in [1.82, 2.24) is 4.90 Å². The molecule has 3 unspecified atom stereocenters. The van der Waals surface area contributed by atoms with Crippen molar-refractivity contribution in [3.05, 3.63) is 24.3 Å². The van der Waals surface area contributed by atoms with Crippen molar-refractivity contribution in [3.8, 4) is 0 Å². The zero-order valence-corrected chi connectivity index (χ0v) is 14.7. The Kier molecular flexibility index (Phi) is 5.06. The highest BCUT2D eigenvalue weighted by molar-refractivity contribution is 5.99. The smallest absolute Gasteiger partial charge is 0.228 e. The van der Waals surface area contributed by atoms with E-state index in [1.807, 2.05) is 4.90 Å². The van der Waals surface area contributed by atoms with Gasteiger partial charge in [-0.25, -0.2) is 0 Å². The Bertz CT molecular complexity index is 671. The molecular weight excluding hydrogens is 318 g/mol. The van der Waals surface area contributed by atoms with Crippen LogP contribution in [0.3, 0.4) is 0 Å². The quantitative estimate of drug-likeness (QED) is 0.881. The van der Waals surface area contributed by atoms with Gasteiger partial charge >= 0.3 is 0 Å². The zero-order chi connectivity index (χ0) is 18.0. The predicted octanol–water partition coefficient (Wildman–Crippen LogP) is 2.48. The van der Waals surface area contributed by atoms with E-state index in [-0.39, 0.29) is 29.6 Å². The Hall–Kier alpha value is -2.37. The van der Waals surface area contributed by atoms with E-state index >= 15 is 0 Å². The Balaban J connectivity index is 1.51. The minimum Gasteiger partial charge on any atom is -0.342 e. The molecule has 25 heavy (non-hydrogen) atoms. The highest BCUT2D eigenvalue weighted by Gasteiger charge is 2.49. The fourth-order valence-electron chi connectivity index (χ4n) is 3.46. The molecule has 2 N–H and O–H groups in total. The molecule has 1 saturated heterocycles. The first-order valence-electron chi connectivity index (χ1n) is 8.91. The van der Waals surface area contributed by atoms with E-state index in [1.165, 1.54) is 13.3 Å². The summed E-state index contributed by atoms with van der Waals surface area (Å²) >= 11 is 0. The van der Waals surface area contributed by atoms with Gasteiger partial charge in [-0.05, 0) is 49.4 Å². The molecule has 2 aliphatic rings. The van der Waals surface area contributed by atoms with Crippen LogP contribution < -0.4 is 10.6 Å². The van der Waals surface area contributed by atoms with Gasteiger partial charge < -0.3 is 15.5 Å². The molecule has 2 fully saturated rings. The molecule has 1 saturated carbocycles. The Morgan fingerprint density at radius 3 is 2.28 bits per heavy atom. The van der Waals surface area contributed by atoms with Gasteiger partial charge in [0.1, 0.15) is 0 Å². The van der Waals surface area contributed by atoms with E-state index in [9.17, 15) is 14.4 Å². The molecule has 3 rings (SSSR count). The number of nitrogens with one attached hydrogen (secondary N) is 2. The molecule has 1 aliphatic heterocycles. The maximum Gasteiger partial charge on any atom is 0.228 e. The van der Waals surface area contributed by atoms with Gasteiger partial charge in [-0.3, -0.25) is 14.4 Å². The Morgan fingerprint density at radius 2 is 1.68 bits per heavy atom. The van der Waals surface area contributed by atoms with Gasteiger partial charge in [0.2, 0.25) is 17.7 Å². The van der Waals surface area contributed by atoms with Gasteiger partial charge in [-0.15, -0.1) is 0 Å². The number of carbonyl (C=O) groups is 3. The monoisotopic (exact) mass is 343 g/mol. The van der Waals surface area contributed by atoms with E-state index < -0.39 is 0 Å². The lowest BCUT2D eigenvalue weighted by Gasteiger charge is -2.31. The van der Waals surface area contributed by atoms with Gasteiger partial charge in [-0.2, -0.15) is 0 Å². The second kappa shape index (κ2) is 7.25. The third-order valence-corrected chi connectivity index (χ3v) is 4.89. The summed E-state index contributed by atoms with van der Waals surface area (Å²) in [4.78, 5) is 37.8. The lowest BCUT2D eigenvalue weighted by atomic mass is 10.00. The number of likely N-dealkylation sites (tertiary alicyclic amines) is 1. The summed E-state index contributed by atoms with van der Waals surface area (Å²) in [6.07, 6.45) is 2.86. The minimum absolute atomic E-state index is 0.101. The van der Waals surface area contributed by atoms with Gasteiger partial charge in [0, 0.05) is 31.4 Å².